The minimum absolute atomic E-state index is 0.191. The standard InChI is InChI=1S/C15H25N3O2/c1-15(2,20)11-18(5)14(19)16-10-12-6-8-13(9-7-12)17(3)4/h6-9,20H,10-11H2,1-5H3,(H,16,19). The number of aliphatic hydroxyl groups is 1. The Morgan fingerprint density at radius 2 is 1.75 bits per heavy atom. The van der Waals surface area contributed by atoms with E-state index in [-0.39, 0.29) is 6.03 Å². The number of likely N-dealkylation sites (N-methyl/N-ethyl adjacent to an activating group) is 1. The molecule has 0 aliphatic carbocycles. The van der Waals surface area contributed by atoms with Crippen molar-refractivity contribution in [2.75, 3.05) is 32.6 Å². The van der Waals surface area contributed by atoms with Crippen LogP contribution in [-0.2, 0) is 6.54 Å². The second kappa shape index (κ2) is 6.61. The van der Waals surface area contributed by atoms with Crippen molar-refractivity contribution in [3.8, 4) is 0 Å². The molecule has 0 aliphatic rings. The maximum absolute atomic E-state index is 11.9. The summed E-state index contributed by atoms with van der Waals surface area (Å²) in [4.78, 5) is 15.4. The summed E-state index contributed by atoms with van der Waals surface area (Å²) in [5, 5.41) is 12.5. The van der Waals surface area contributed by atoms with Crippen LogP contribution in [0.2, 0.25) is 0 Å². The number of hydrogen-bond acceptors (Lipinski definition) is 3. The molecule has 0 saturated heterocycles. The number of amides is 2. The molecule has 112 valence electrons. The lowest BCUT2D eigenvalue weighted by molar-refractivity contribution is 0.0531. The van der Waals surface area contributed by atoms with Crippen LogP contribution in [0, 0.1) is 0 Å². The summed E-state index contributed by atoms with van der Waals surface area (Å²) in [5.74, 6) is 0. The molecule has 5 nitrogen and oxygen atoms in total. The predicted octanol–water partition coefficient (Wildman–Crippen LogP) is 1.66. The SMILES string of the molecule is CN(CC(C)(C)O)C(=O)NCc1ccc(N(C)C)cc1. The van der Waals surface area contributed by atoms with Crippen LogP contribution in [0.3, 0.4) is 0 Å². The Hall–Kier alpha value is -1.75. The average molecular weight is 279 g/mol. The third-order valence-corrected chi connectivity index (χ3v) is 2.87. The van der Waals surface area contributed by atoms with Gasteiger partial charge in [0.2, 0.25) is 0 Å². The molecule has 1 aromatic carbocycles. The van der Waals surface area contributed by atoms with Crippen LogP contribution in [-0.4, -0.2) is 49.3 Å². The van der Waals surface area contributed by atoms with Crippen LogP contribution >= 0.6 is 0 Å². The zero-order valence-electron chi connectivity index (χ0n) is 13.0. The van der Waals surface area contributed by atoms with E-state index in [1.807, 2.05) is 43.3 Å². The third-order valence-electron chi connectivity index (χ3n) is 2.87. The molecule has 0 aliphatic heterocycles. The van der Waals surface area contributed by atoms with Gasteiger partial charge in [-0.1, -0.05) is 12.1 Å². The molecular weight excluding hydrogens is 254 g/mol. The molecule has 2 N–H and O–H groups in total. The number of hydrogen-bond donors (Lipinski definition) is 2. The monoisotopic (exact) mass is 279 g/mol. The molecule has 0 heterocycles. The van der Waals surface area contributed by atoms with Gasteiger partial charge >= 0.3 is 6.03 Å². The van der Waals surface area contributed by atoms with Crippen LogP contribution in [0.15, 0.2) is 24.3 Å². The number of carbonyl (C=O) groups excluding carboxylic acids is 1. The lowest BCUT2D eigenvalue weighted by Gasteiger charge is -2.25. The summed E-state index contributed by atoms with van der Waals surface area (Å²) in [6.45, 7) is 4.12. The summed E-state index contributed by atoms with van der Waals surface area (Å²) in [5.41, 5.74) is 1.28. The zero-order valence-corrected chi connectivity index (χ0v) is 13.0. The van der Waals surface area contributed by atoms with Crippen molar-refractivity contribution in [2.24, 2.45) is 0 Å². The van der Waals surface area contributed by atoms with Gasteiger partial charge in [-0.3, -0.25) is 0 Å². The van der Waals surface area contributed by atoms with Crippen LogP contribution in [0.4, 0.5) is 10.5 Å². The summed E-state index contributed by atoms with van der Waals surface area (Å²) < 4.78 is 0. The second-order valence-corrected chi connectivity index (χ2v) is 5.89. The van der Waals surface area contributed by atoms with E-state index in [1.54, 1.807) is 20.9 Å². The predicted molar refractivity (Wildman–Crippen MR) is 81.9 cm³/mol. The molecule has 1 aromatic rings. The maximum Gasteiger partial charge on any atom is 0.317 e. The fourth-order valence-corrected chi connectivity index (χ4v) is 1.88. The average Bonchev–Trinajstić information content (AvgIpc) is 2.34. The van der Waals surface area contributed by atoms with Gasteiger partial charge in [0.15, 0.2) is 0 Å². The molecule has 0 radical (unpaired) electrons. The van der Waals surface area contributed by atoms with Crippen LogP contribution in [0.1, 0.15) is 19.4 Å². The molecule has 0 bridgehead atoms. The van der Waals surface area contributed by atoms with Gasteiger partial charge in [0, 0.05) is 33.4 Å². The number of benzene rings is 1. The van der Waals surface area contributed by atoms with Gasteiger partial charge in [-0.25, -0.2) is 4.79 Å². The quantitative estimate of drug-likeness (QED) is 0.862. The van der Waals surface area contributed by atoms with Gasteiger partial charge in [-0.15, -0.1) is 0 Å². The molecule has 1 rings (SSSR count). The van der Waals surface area contributed by atoms with E-state index in [0.29, 0.717) is 13.1 Å². The minimum Gasteiger partial charge on any atom is -0.389 e. The Balaban J connectivity index is 2.48. The van der Waals surface area contributed by atoms with E-state index in [9.17, 15) is 9.90 Å². The summed E-state index contributed by atoms with van der Waals surface area (Å²) in [7, 11) is 5.65. The fraction of sp³-hybridized carbons (Fsp3) is 0.533. The third kappa shape index (κ3) is 5.48. The summed E-state index contributed by atoms with van der Waals surface area (Å²) in [6, 6.07) is 7.82. The van der Waals surface area contributed by atoms with Crippen LogP contribution in [0.25, 0.3) is 0 Å². The Morgan fingerprint density at radius 3 is 2.20 bits per heavy atom. The highest BCUT2D eigenvalue weighted by molar-refractivity contribution is 5.73. The first-order chi connectivity index (χ1) is 9.19. The van der Waals surface area contributed by atoms with Gasteiger partial charge in [0.05, 0.1) is 12.1 Å². The van der Waals surface area contributed by atoms with E-state index in [1.165, 1.54) is 4.90 Å². The van der Waals surface area contributed by atoms with E-state index < -0.39 is 5.60 Å². The van der Waals surface area contributed by atoms with E-state index >= 15 is 0 Å². The van der Waals surface area contributed by atoms with Crippen molar-refractivity contribution in [2.45, 2.75) is 26.0 Å². The number of nitrogens with one attached hydrogen (secondary N) is 1. The van der Waals surface area contributed by atoms with Gasteiger partial charge in [0.1, 0.15) is 0 Å². The van der Waals surface area contributed by atoms with Gasteiger partial charge in [-0.05, 0) is 31.5 Å². The van der Waals surface area contributed by atoms with E-state index in [2.05, 4.69) is 5.32 Å². The fourth-order valence-electron chi connectivity index (χ4n) is 1.88. The molecule has 0 aromatic heterocycles. The molecule has 0 unspecified atom stereocenters. The zero-order chi connectivity index (χ0) is 15.3. The Kier molecular flexibility index (Phi) is 5.39. The Morgan fingerprint density at radius 1 is 1.20 bits per heavy atom. The van der Waals surface area contributed by atoms with Crippen molar-refractivity contribution >= 4 is 11.7 Å². The molecule has 0 spiro atoms. The number of anilines is 1. The highest BCUT2D eigenvalue weighted by atomic mass is 16.3. The first-order valence-corrected chi connectivity index (χ1v) is 6.66. The van der Waals surface area contributed by atoms with Crippen LogP contribution < -0.4 is 10.2 Å². The highest BCUT2D eigenvalue weighted by Crippen LogP contribution is 2.12. The van der Waals surface area contributed by atoms with Gasteiger partial charge < -0.3 is 20.2 Å². The number of urea groups is 1. The normalized spacial score (nSPS) is 11.1. The topological polar surface area (TPSA) is 55.8 Å². The molecule has 0 atom stereocenters. The lowest BCUT2D eigenvalue weighted by atomic mass is 10.1. The van der Waals surface area contributed by atoms with Crippen molar-refractivity contribution < 1.29 is 9.90 Å². The maximum atomic E-state index is 11.9. The van der Waals surface area contributed by atoms with E-state index in [0.717, 1.165) is 11.3 Å². The molecule has 20 heavy (non-hydrogen) atoms. The minimum atomic E-state index is -0.889. The largest absolute Gasteiger partial charge is 0.389 e. The smallest absolute Gasteiger partial charge is 0.317 e. The number of nitrogens with zero attached hydrogens (tertiary/aromatic N) is 2. The summed E-state index contributed by atoms with van der Waals surface area (Å²) in [6.07, 6.45) is 0. The first kappa shape index (κ1) is 16.3. The molecule has 0 saturated carbocycles. The first-order valence-electron chi connectivity index (χ1n) is 6.66. The number of rotatable bonds is 5. The van der Waals surface area contributed by atoms with Crippen molar-refractivity contribution in [1.82, 2.24) is 10.2 Å². The van der Waals surface area contributed by atoms with Crippen molar-refractivity contribution in [3.05, 3.63) is 29.8 Å². The van der Waals surface area contributed by atoms with Gasteiger partial charge in [0.25, 0.3) is 0 Å². The molecule has 2 amide bonds. The van der Waals surface area contributed by atoms with Crippen LogP contribution in [0.5, 0.6) is 0 Å². The Bertz CT molecular complexity index is 435. The van der Waals surface area contributed by atoms with Gasteiger partial charge in [-0.2, -0.15) is 0 Å². The van der Waals surface area contributed by atoms with Crippen molar-refractivity contribution in [1.29, 1.82) is 0 Å². The number of carbonyl (C=O) groups is 1. The summed E-state index contributed by atoms with van der Waals surface area (Å²) >= 11 is 0. The molecule has 0 fully saturated rings. The Labute approximate surface area is 121 Å². The highest BCUT2D eigenvalue weighted by Gasteiger charge is 2.18. The molecule has 5 heteroatoms. The van der Waals surface area contributed by atoms with E-state index in [4.69, 9.17) is 0 Å². The molecular formula is C15H25N3O2. The van der Waals surface area contributed by atoms with Crippen molar-refractivity contribution in [3.63, 3.8) is 0 Å². The lowest BCUT2D eigenvalue weighted by Crippen LogP contribution is -2.44. The second-order valence-electron chi connectivity index (χ2n) is 5.89.